The molecule has 2 heterocycles. The zero-order valence-electron chi connectivity index (χ0n) is 17.2. The molecule has 32 heavy (non-hydrogen) atoms. The van der Waals surface area contributed by atoms with E-state index in [2.05, 4.69) is 5.32 Å². The highest BCUT2D eigenvalue weighted by molar-refractivity contribution is 7.90. The fourth-order valence-corrected chi connectivity index (χ4v) is 5.04. The summed E-state index contributed by atoms with van der Waals surface area (Å²) in [5.41, 5.74) is 2.31. The van der Waals surface area contributed by atoms with Crippen LogP contribution in [-0.4, -0.2) is 25.2 Å². The molecule has 162 valence electrons. The third-order valence-corrected chi connectivity index (χ3v) is 7.13. The van der Waals surface area contributed by atoms with Gasteiger partial charge in [-0.1, -0.05) is 18.2 Å². The van der Waals surface area contributed by atoms with Gasteiger partial charge < -0.3 is 5.32 Å². The molecule has 2 aromatic heterocycles. The maximum Gasteiger partial charge on any atom is 0.264 e. The molecule has 9 heteroatoms. The van der Waals surface area contributed by atoms with Gasteiger partial charge in [-0.25, -0.2) is 18.1 Å². The summed E-state index contributed by atoms with van der Waals surface area (Å²) in [5, 5.41) is 3.52. The molecule has 2 N–H and O–H groups in total. The van der Waals surface area contributed by atoms with Crippen molar-refractivity contribution in [3.05, 3.63) is 77.2 Å². The van der Waals surface area contributed by atoms with E-state index in [1.54, 1.807) is 17.4 Å². The lowest BCUT2D eigenvalue weighted by atomic mass is 10.1. The molecule has 0 fully saturated rings. The number of carbonyl (C=O) groups is 2. The van der Waals surface area contributed by atoms with Crippen LogP contribution in [0.5, 0.6) is 0 Å². The minimum atomic E-state index is -3.94. The van der Waals surface area contributed by atoms with Gasteiger partial charge in [0.1, 0.15) is 0 Å². The Hall–Kier alpha value is -3.56. The van der Waals surface area contributed by atoms with Gasteiger partial charge in [-0.15, -0.1) is 11.3 Å². The zero-order chi connectivity index (χ0) is 22.9. The highest BCUT2D eigenvalue weighted by atomic mass is 32.2. The van der Waals surface area contributed by atoms with E-state index in [9.17, 15) is 18.0 Å². The predicted molar refractivity (Wildman–Crippen MR) is 125 cm³/mol. The Bertz CT molecular complexity index is 1440. The number of aromatic nitrogens is 1. The van der Waals surface area contributed by atoms with Gasteiger partial charge in [0.15, 0.2) is 0 Å². The van der Waals surface area contributed by atoms with Crippen LogP contribution in [0.4, 0.5) is 5.69 Å². The summed E-state index contributed by atoms with van der Waals surface area (Å²) >= 11 is 1.60. The maximum absolute atomic E-state index is 13.1. The lowest BCUT2D eigenvalue weighted by Gasteiger charge is -2.11. The third kappa shape index (κ3) is 4.53. The van der Waals surface area contributed by atoms with Crippen LogP contribution in [-0.2, 0) is 14.8 Å². The molecule has 2 amide bonds. The number of aryl methyl sites for hydroxylation is 1. The number of hydrogen-bond donors (Lipinski definition) is 2. The monoisotopic (exact) mass is 465 g/mol. The van der Waals surface area contributed by atoms with Crippen molar-refractivity contribution in [3.8, 4) is 10.6 Å². The molecule has 7 nitrogen and oxygen atoms in total. The number of fused-ring (bicyclic) bond motifs is 1. The van der Waals surface area contributed by atoms with Crippen molar-refractivity contribution in [2.45, 2.75) is 18.7 Å². The van der Waals surface area contributed by atoms with E-state index in [4.69, 9.17) is 4.98 Å². The number of rotatable bonds is 5. The number of sulfonamides is 1. The van der Waals surface area contributed by atoms with Gasteiger partial charge in [0.05, 0.1) is 26.5 Å². The molecule has 0 aliphatic rings. The normalized spacial score (nSPS) is 11.3. The SMILES string of the molecule is CC(=O)NS(=O)(=O)c1ccc(NC(=O)c2cc(-c3ccc(C)s3)nc3ccccc23)cc1. The Kier molecular flexibility index (Phi) is 5.77. The van der Waals surface area contributed by atoms with Crippen molar-refractivity contribution in [2.24, 2.45) is 0 Å². The third-order valence-electron chi connectivity index (χ3n) is 4.65. The minimum Gasteiger partial charge on any atom is -0.322 e. The molecule has 0 saturated carbocycles. The van der Waals surface area contributed by atoms with Crippen molar-refractivity contribution in [3.63, 3.8) is 0 Å². The Morgan fingerprint density at radius 2 is 1.69 bits per heavy atom. The zero-order valence-corrected chi connectivity index (χ0v) is 18.9. The molecule has 2 aromatic carbocycles. The van der Waals surface area contributed by atoms with Gasteiger partial charge in [0, 0.05) is 22.9 Å². The van der Waals surface area contributed by atoms with Gasteiger partial charge in [-0.05, 0) is 55.5 Å². The molecular weight excluding hydrogens is 446 g/mol. The Balaban J connectivity index is 1.66. The number of hydrogen-bond acceptors (Lipinski definition) is 6. The second-order valence-corrected chi connectivity index (χ2v) is 10.1. The van der Waals surface area contributed by atoms with Crippen LogP contribution in [0.3, 0.4) is 0 Å². The average molecular weight is 466 g/mol. The summed E-state index contributed by atoms with van der Waals surface area (Å²) in [6, 6.07) is 18.8. The maximum atomic E-state index is 13.1. The second kappa shape index (κ2) is 8.52. The Labute approximate surface area is 189 Å². The fourth-order valence-electron chi connectivity index (χ4n) is 3.23. The Morgan fingerprint density at radius 3 is 2.34 bits per heavy atom. The van der Waals surface area contributed by atoms with Crippen LogP contribution in [0.1, 0.15) is 22.2 Å². The van der Waals surface area contributed by atoms with Crippen LogP contribution >= 0.6 is 11.3 Å². The molecule has 0 spiro atoms. The van der Waals surface area contributed by atoms with Crippen molar-refractivity contribution in [2.75, 3.05) is 5.32 Å². The summed E-state index contributed by atoms with van der Waals surface area (Å²) in [7, 11) is -3.94. The largest absolute Gasteiger partial charge is 0.322 e. The highest BCUT2D eigenvalue weighted by Crippen LogP contribution is 2.30. The molecule has 0 unspecified atom stereocenters. The number of anilines is 1. The second-order valence-electron chi connectivity index (χ2n) is 7.12. The van der Waals surface area contributed by atoms with E-state index in [0.717, 1.165) is 16.7 Å². The van der Waals surface area contributed by atoms with Crippen LogP contribution in [0, 0.1) is 6.92 Å². The first-order valence-electron chi connectivity index (χ1n) is 9.64. The van der Waals surface area contributed by atoms with Crippen LogP contribution < -0.4 is 10.0 Å². The summed E-state index contributed by atoms with van der Waals surface area (Å²) in [6.07, 6.45) is 0. The smallest absolute Gasteiger partial charge is 0.264 e. The van der Waals surface area contributed by atoms with Crippen LogP contribution in [0.15, 0.2) is 71.6 Å². The van der Waals surface area contributed by atoms with Gasteiger partial charge in [-0.2, -0.15) is 0 Å². The minimum absolute atomic E-state index is 0.0737. The van der Waals surface area contributed by atoms with Crippen LogP contribution in [0.25, 0.3) is 21.5 Å². The van der Waals surface area contributed by atoms with Gasteiger partial charge >= 0.3 is 0 Å². The van der Waals surface area contributed by atoms with E-state index < -0.39 is 15.9 Å². The van der Waals surface area contributed by atoms with Gasteiger partial charge in [-0.3, -0.25) is 9.59 Å². The quantitative estimate of drug-likeness (QED) is 0.456. The van der Waals surface area contributed by atoms with E-state index >= 15 is 0 Å². The lowest BCUT2D eigenvalue weighted by Crippen LogP contribution is -2.28. The Morgan fingerprint density at radius 1 is 0.969 bits per heavy atom. The number of nitrogens with one attached hydrogen (secondary N) is 2. The molecular formula is C23H19N3O4S2. The lowest BCUT2D eigenvalue weighted by molar-refractivity contribution is -0.117. The molecule has 0 aliphatic heterocycles. The average Bonchev–Trinajstić information content (AvgIpc) is 3.19. The molecule has 0 atom stereocenters. The molecule has 0 bridgehead atoms. The molecule has 0 aliphatic carbocycles. The van der Waals surface area contributed by atoms with Crippen LogP contribution in [0.2, 0.25) is 0 Å². The molecule has 0 radical (unpaired) electrons. The van der Waals surface area contributed by atoms with Gasteiger partial charge in [0.25, 0.3) is 15.9 Å². The van der Waals surface area contributed by atoms with Gasteiger partial charge in [0.2, 0.25) is 5.91 Å². The number of carbonyl (C=O) groups excluding carboxylic acids is 2. The number of nitrogens with zero attached hydrogens (tertiary/aromatic N) is 1. The van der Waals surface area contributed by atoms with Crippen molar-refractivity contribution in [1.29, 1.82) is 0 Å². The summed E-state index contributed by atoms with van der Waals surface area (Å²) in [5.74, 6) is -1.01. The molecule has 4 rings (SSSR count). The predicted octanol–water partition coefficient (Wildman–Crippen LogP) is 4.35. The number of amides is 2. The first-order valence-corrected chi connectivity index (χ1v) is 11.9. The summed E-state index contributed by atoms with van der Waals surface area (Å²) < 4.78 is 26.1. The summed E-state index contributed by atoms with van der Waals surface area (Å²) in [4.78, 5) is 31.0. The standard InChI is InChI=1S/C23H19N3O4S2/c1-14-7-12-22(31-14)21-13-19(18-5-3-4-6-20(18)25-21)23(28)24-16-8-10-17(11-9-16)32(29,30)26-15(2)27/h3-13H,1-2H3,(H,24,28)(H,26,27). The van der Waals surface area contributed by atoms with Crippen molar-refractivity contribution < 1.29 is 18.0 Å². The number of benzene rings is 2. The molecule has 4 aromatic rings. The number of thiophene rings is 1. The highest BCUT2D eigenvalue weighted by Gasteiger charge is 2.17. The first-order chi connectivity index (χ1) is 15.2. The van der Waals surface area contributed by atoms with E-state index in [0.29, 0.717) is 27.8 Å². The van der Waals surface area contributed by atoms with E-state index in [-0.39, 0.29) is 10.8 Å². The fraction of sp³-hybridized carbons (Fsp3) is 0.0870. The van der Waals surface area contributed by atoms with E-state index in [1.165, 1.54) is 24.3 Å². The summed E-state index contributed by atoms with van der Waals surface area (Å²) in [6.45, 7) is 3.13. The van der Waals surface area contributed by atoms with Crippen molar-refractivity contribution in [1.82, 2.24) is 9.71 Å². The topological polar surface area (TPSA) is 105 Å². The van der Waals surface area contributed by atoms with Crippen molar-refractivity contribution >= 4 is 49.8 Å². The number of pyridine rings is 1. The number of para-hydroxylation sites is 1. The van der Waals surface area contributed by atoms with E-state index in [1.807, 2.05) is 48.0 Å². The molecule has 0 saturated heterocycles. The first kappa shape index (κ1) is 21.7.